The number of nitrogens with zero attached hydrogens (tertiary/aromatic N) is 5. The maximum absolute atomic E-state index is 12.7. The lowest BCUT2D eigenvalue weighted by atomic mass is 10.2. The molecular weight excluding hydrogens is 501 g/mol. The van der Waals surface area contributed by atoms with Crippen molar-refractivity contribution in [3.63, 3.8) is 0 Å². The molecule has 3 aromatic heterocycles. The van der Waals surface area contributed by atoms with Crippen LogP contribution in [0.25, 0.3) is 11.1 Å². The molecule has 0 spiro atoms. The minimum Gasteiger partial charge on any atom is -0.475 e. The molecule has 0 aliphatic carbocycles. The van der Waals surface area contributed by atoms with Gasteiger partial charge in [0.1, 0.15) is 6.33 Å². The summed E-state index contributed by atoms with van der Waals surface area (Å²) >= 11 is 1.33. The third-order valence-corrected chi connectivity index (χ3v) is 4.93. The number of alkyl halides is 5. The van der Waals surface area contributed by atoms with Crippen LogP contribution in [0.1, 0.15) is 11.4 Å². The zero-order valence-corrected chi connectivity index (χ0v) is 17.5. The van der Waals surface area contributed by atoms with Crippen LogP contribution in [0.2, 0.25) is 0 Å². The van der Waals surface area contributed by atoms with Crippen molar-refractivity contribution in [2.45, 2.75) is 25.8 Å². The van der Waals surface area contributed by atoms with Gasteiger partial charge in [0.2, 0.25) is 0 Å². The van der Waals surface area contributed by atoms with Crippen molar-refractivity contribution in [3.05, 3.63) is 57.2 Å². The molecule has 0 saturated carbocycles. The van der Waals surface area contributed by atoms with Gasteiger partial charge in [0.05, 0.1) is 19.3 Å². The monoisotopic (exact) mass is 516 g/mol. The first-order valence-corrected chi connectivity index (χ1v) is 9.77. The maximum Gasteiger partial charge on any atom is 0.490 e. The van der Waals surface area contributed by atoms with Crippen LogP contribution in [0.15, 0.2) is 46.6 Å². The molecule has 3 N–H and O–H groups in total. The van der Waals surface area contributed by atoms with Crippen LogP contribution in [0, 0.1) is 0 Å². The molecule has 186 valence electrons. The van der Waals surface area contributed by atoms with Gasteiger partial charge in [0.25, 0.3) is 6.08 Å². The summed E-state index contributed by atoms with van der Waals surface area (Å²) in [6, 6.07) is 1.74. The SMILES string of the molecule is NCC(Cn1ncn(Cc2cc(-c3cnn(C(F)F)c3)cs2)c1=O)=C(F)F.O=C(O)C(F)(F)F. The number of hydrogen-bond acceptors (Lipinski definition) is 6. The Morgan fingerprint density at radius 1 is 1.21 bits per heavy atom. The average molecular weight is 516 g/mol. The summed E-state index contributed by atoms with van der Waals surface area (Å²) in [5, 5.41) is 16.3. The number of aromatic nitrogens is 5. The number of halogens is 7. The van der Waals surface area contributed by atoms with Gasteiger partial charge >= 0.3 is 24.4 Å². The Bertz CT molecular complexity index is 1210. The van der Waals surface area contributed by atoms with Gasteiger partial charge in [-0.2, -0.15) is 40.9 Å². The van der Waals surface area contributed by atoms with Gasteiger partial charge in [-0.05, 0) is 17.0 Å². The summed E-state index contributed by atoms with van der Waals surface area (Å²) in [7, 11) is 0. The van der Waals surface area contributed by atoms with E-state index in [-0.39, 0.29) is 25.2 Å². The number of aliphatic carboxylic acids is 1. The molecule has 34 heavy (non-hydrogen) atoms. The summed E-state index contributed by atoms with van der Waals surface area (Å²) in [6.45, 7) is -3.30. The summed E-state index contributed by atoms with van der Waals surface area (Å²) in [5.74, 6) is -2.76. The fourth-order valence-corrected chi connectivity index (χ4v) is 3.24. The van der Waals surface area contributed by atoms with Gasteiger partial charge in [-0.1, -0.05) is 0 Å². The number of hydrogen-bond donors (Lipinski definition) is 2. The molecule has 0 atom stereocenters. The number of rotatable bonds is 7. The molecule has 9 nitrogen and oxygen atoms in total. The van der Waals surface area contributed by atoms with E-state index in [9.17, 15) is 35.5 Å². The third-order valence-electron chi connectivity index (χ3n) is 4.01. The van der Waals surface area contributed by atoms with Crippen molar-refractivity contribution in [3.8, 4) is 11.1 Å². The van der Waals surface area contributed by atoms with Crippen molar-refractivity contribution in [1.29, 1.82) is 0 Å². The molecule has 3 rings (SSSR count). The lowest BCUT2D eigenvalue weighted by Crippen LogP contribution is -2.27. The van der Waals surface area contributed by atoms with E-state index in [0.717, 1.165) is 9.56 Å². The van der Waals surface area contributed by atoms with Crippen LogP contribution in [0.4, 0.5) is 30.7 Å². The fraction of sp³-hybridized carbons (Fsp3) is 0.294. The predicted molar refractivity (Wildman–Crippen MR) is 104 cm³/mol. The second-order valence-corrected chi connectivity index (χ2v) is 7.35. The van der Waals surface area contributed by atoms with E-state index in [4.69, 9.17) is 15.6 Å². The Morgan fingerprint density at radius 3 is 2.35 bits per heavy atom. The first kappa shape index (κ1) is 26.8. The van der Waals surface area contributed by atoms with Gasteiger partial charge in [-0.15, -0.1) is 11.3 Å². The molecule has 0 fully saturated rings. The molecule has 0 amide bonds. The molecular formula is C17H15F7N6O3S. The zero-order valence-electron chi connectivity index (χ0n) is 16.7. The molecule has 0 radical (unpaired) electrons. The number of thiophene rings is 1. The van der Waals surface area contributed by atoms with Crippen LogP contribution in [-0.4, -0.2) is 47.9 Å². The molecule has 0 unspecified atom stereocenters. The number of nitrogens with two attached hydrogens (primary N) is 1. The minimum atomic E-state index is -5.08. The van der Waals surface area contributed by atoms with E-state index < -0.39 is 30.5 Å². The Morgan fingerprint density at radius 2 is 1.85 bits per heavy atom. The van der Waals surface area contributed by atoms with Gasteiger partial charge in [-0.25, -0.2) is 19.0 Å². The molecule has 0 bridgehead atoms. The molecule has 0 aromatic carbocycles. The predicted octanol–water partition coefficient (Wildman–Crippen LogP) is 3.16. The van der Waals surface area contributed by atoms with Gasteiger partial charge in [-0.3, -0.25) is 4.57 Å². The zero-order chi connectivity index (χ0) is 25.6. The van der Waals surface area contributed by atoms with E-state index in [2.05, 4.69) is 10.2 Å². The third kappa shape index (κ3) is 7.01. The van der Waals surface area contributed by atoms with Gasteiger partial charge < -0.3 is 10.8 Å². The van der Waals surface area contributed by atoms with Crippen molar-refractivity contribution < 1.29 is 40.6 Å². The summed E-state index contributed by atoms with van der Waals surface area (Å²) < 4.78 is 85.0. The standard InChI is InChI=1S/C15H14F4N6OS.C2HF3O2/c16-13(17)10(2-20)4-25-15(26)23(8-22-25)6-12-1-9(7-27-12)11-3-21-24(5-11)14(18)19;3-2(4,5)1(6)7/h1,3,5,7-8,14H,2,4,6,20H2;(H,6,7). The highest BCUT2D eigenvalue weighted by atomic mass is 32.1. The normalized spacial score (nSPS) is 11.3. The smallest absolute Gasteiger partial charge is 0.475 e. The minimum absolute atomic E-state index is 0.173. The quantitative estimate of drug-likeness (QED) is 0.466. The molecule has 17 heteroatoms. The van der Waals surface area contributed by atoms with Crippen molar-refractivity contribution in [2.24, 2.45) is 5.73 Å². The van der Waals surface area contributed by atoms with Crippen LogP contribution < -0.4 is 11.4 Å². The lowest BCUT2D eigenvalue weighted by molar-refractivity contribution is -0.192. The van der Waals surface area contributed by atoms with E-state index in [0.29, 0.717) is 15.8 Å². The molecule has 0 aliphatic rings. The number of carboxylic acid groups (broad SMARTS) is 1. The van der Waals surface area contributed by atoms with Crippen molar-refractivity contribution in [1.82, 2.24) is 24.1 Å². The van der Waals surface area contributed by atoms with E-state index in [1.54, 1.807) is 11.4 Å². The maximum atomic E-state index is 12.7. The fourth-order valence-electron chi connectivity index (χ4n) is 2.35. The highest BCUT2D eigenvalue weighted by molar-refractivity contribution is 7.10. The second kappa shape index (κ2) is 11.1. The molecule has 0 saturated heterocycles. The summed E-state index contributed by atoms with van der Waals surface area (Å²) in [4.78, 5) is 21.9. The largest absolute Gasteiger partial charge is 0.490 e. The van der Waals surface area contributed by atoms with Gasteiger partial charge in [0, 0.05) is 28.8 Å². The lowest BCUT2D eigenvalue weighted by Gasteiger charge is -2.02. The van der Waals surface area contributed by atoms with Crippen molar-refractivity contribution >= 4 is 17.3 Å². The Labute approximate surface area is 189 Å². The van der Waals surface area contributed by atoms with Gasteiger partial charge in [0.15, 0.2) is 0 Å². The van der Waals surface area contributed by atoms with Crippen LogP contribution in [-0.2, 0) is 17.9 Å². The molecule has 0 aliphatic heterocycles. The van der Waals surface area contributed by atoms with E-state index in [1.165, 1.54) is 34.6 Å². The van der Waals surface area contributed by atoms with Crippen LogP contribution in [0.5, 0.6) is 0 Å². The molecule has 3 heterocycles. The highest BCUT2D eigenvalue weighted by Crippen LogP contribution is 2.26. The Kier molecular flexibility index (Phi) is 8.74. The highest BCUT2D eigenvalue weighted by Gasteiger charge is 2.38. The molecule has 3 aromatic rings. The van der Waals surface area contributed by atoms with Crippen molar-refractivity contribution in [2.75, 3.05) is 6.54 Å². The van der Waals surface area contributed by atoms with E-state index in [1.807, 2.05) is 0 Å². The van der Waals surface area contributed by atoms with Crippen LogP contribution >= 0.6 is 11.3 Å². The first-order chi connectivity index (χ1) is 15.8. The Hall–Kier alpha value is -3.47. The van der Waals surface area contributed by atoms with E-state index >= 15 is 0 Å². The Balaban J connectivity index is 0.000000509. The topological polar surface area (TPSA) is 121 Å². The average Bonchev–Trinajstić information content (AvgIpc) is 3.47. The summed E-state index contributed by atoms with van der Waals surface area (Å²) in [5.41, 5.74) is 5.54. The first-order valence-electron chi connectivity index (χ1n) is 8.89. The second-order valence-electron chi connectivity index (χ2n) is 6.36. The summed E-state index contributed by atoms with van der Waals surface area (Å²) in [6.07, 6.45) is -3.20. The number of carbonyl (C=O) groups is 1. The van der Waals surface area contributed by atoms with Crippen LogP contribution in [0.3, 0.4) is 0 Å². The number of carboxylic acids is 1.